The fourth-order valence-corrected chi connectivity index (χ4v) is 7.70. The first-order valence-electron chi connectivity index (χ1n) is 13.3. The van der Waals surface area contributed by atoms with Crippen molar-refractivity contribution in [2.75, 3.05) is 0 Å². The SMILES string of the molecule is CC1=[C-]C(C)C=C1[Si](C)(C)C.[Zr+2]=[C](c1ccccc1)c1ccccc1.c1ccc2c(c1)[cH-]c1ccccc12. The maximum Gasteiger partial charge on any atom is -0.0771 e. The van der Waals surface area contributed by atoms with Crippen LogP contribution in [0.15, 0.2) is 132 Å². The molecule has 1 aliphatic carbocycles. The van der Waals surface area contributed by atoms with Gasteiger partial charge in [0, 0.05) is 0 Å². The standard InChI is InChI=1S/C13H9.C13H10.C10H17Si.Zr/c1-3-7-12-10(5-1)9-11-6-2-4-8-13(11)12;1-3-7-12(8-4-1)11-13-9-5-2-6-10-13;1-8-6-9(2)10(7-8)11(3,4)5;/h1-9H;1-10H;7-8H,1-5H3;/q-1;;-1;+2. The van der Waals surface area contributed by atoms with Gasteiger partial charge in [0.05, 0.1) is 0 Å². The van der Waals surface area contributed by atoms with Crippen molar-refractivity contribution >= 4 is 32.8 Å². The Morgan fingerprint density at radius 1 is 0.684 bits per heavy atom. The van der Waals surface area contributed by atoms with E-state index in [2.05, 4.69) is 161 Å². The van der Waals surface area contributed by atoms with E-state index in [0.717, 1.165) is 0 Å². The summed E-state index contributed by atoms with van der Waals surface area (Å²) in [5.41, 5.74) is 4.06. The van der Waals surface area contributed by atoms with E-state index in [9.17, 15) is 0 Å². The summed E-state index contributed by atoms with van der Waals surface area (Å²) in [5.74, 6) is 0.553. The summed E-state index contributed by atoms with van der Waals surface area (Å²) in [6, 6.07) is 40.4. The molecule has 0 radical (unpaired) electrons. The molecule has 38 heavy (non-hydrogen) atoms. The van der Waals surface area contributed by atoms with E-state index in [4.69, 9.17) is 0 Å². The zero-order valence-corrected chi connectivity index (χ0v) is 26.6. The Hall–Kier alpha value is -2.80. The smallest absolute Gasteiger partial charge is 0.0771 e. The molecule has 1 unspecified atom stereocenters. The van der Waals surface area contributed by atoms with Gasteiger partial charge in [-0.05, 0) is 8.07 Å². The number of benzene rings is 4. The first kappa shape index (κ1) is 28.2. The average Bonchev–Trinajstić information content (AvgIpc) is 3.49. The summed E-state index contributed by atoms with van der Waals surface area (Å²) in [5, 5.41) is 6.99. The van der Waals surface area contributed by atoms with Crippen LogP contribution in [0, 0.1) is 12.0 Å². The summed E-state index contributed by atoms with van der Waals surface area (Å²) in [6.45, 7) is 11.6. The second kappa shape index (κ2) is 12.8. The number of fused-ring (bicyclic) bond motifs is 3. The van der Waals surface area contributed by atoms with Gasteiger partial charge in [-0.3, -0.25) is 6.08 Å². The molecule has 5 aromatic rings. The van der Waals surface area contributed by atoms with E-state index >= 15 is 0 Å². The second-order valence-corrected chi connectivity index (χ2v) is 17.1. The van der Waals surface area contributed by atoms with Gasteiger partial charge in [0.2, 0.25) is 0 Å². The van der Waals surface area contributed by atoms with E-state index in [1.54, 1.807) is 5.20 Å². The largest absolute Gasteiger partial charge is 0.126 e. The molecule has 1 aliphatic rings. The molecule has 1 atom stereocenters. The molecule has 2 heteroatoms. The van der Waals surface area contributed by atoms with Gasteiger partial charge in [0.25, 0.3) is 0 Å². The monoisotopic (exact) mass is 586 g/mol. The van der Waals surface area contributed by atoms with Crippen molar-refractivity contribution in [1.29, 1.82) is 0 Å². The Bertz CT molecular complexity index is 1470. The molecule has 0 N–H and O–H groups in total. The normalized spacial score (nSPS) is 14.7. The predicted octanol–water partition coefficient (Wildman–Crippen LogP) is 9.70. The van der Waals surface area contributed by atoms with Crippen LogP contribution in [-0.4, -0.2) is 11.3 Å². The molecule has 0 saturated heterocycles. The topological polar surface area (TPSA) is 0 Å². The van der Waals surface area contributed by atoms with Crippen LogP contribution in [-0.2, 0) is 24.2 Å². The van der Waals surface area contributed by atoms with Gasteiger partial charge in [0.15, 0.2) is 0 Å². The summed E-state index contributed by atoms with van der Waals surface area (Å²) in [6.07, 6.45) is 5.81. The fourth-order valence-electron chi connectivity index (χ4n) is 4.93. The number of hydrogen-bond donors (Lipinski definition) is 0. The molecule has 0 aliphatic heterocycles. The Labute approximate surface area is 244 Å². The Morgan fingerprint density at radius 2 is 1.11 bits per heavy atom. The maximum absolute atomic E-state index is 3.43. The third kappa shape index (κ3) is 7.19. The molecule has 0 fully saturated rings. The molecule has 0 saturated carbocycles. The van der Waals surface area contributed by atoms with E-state index in [-0.39, 0.29) is 0 Å². The molecule has 5 aromatic carbocycles. The summed E-state index contributed by atoms with van der Waals surface area (Å²) < 4.78 is 1.42. The van der Waals surface area contributed by atoms with Crippen LogP contribution in [0.25, 0.3) is 21.5 Å². The predicted molar refractivity (Wildman–Crippen MR) is 166 cm³/mol. The van der Waals surface area contributed by atoms with Gasteiger partial charge >= 0.3 is 99.2 Å². The van der Waals surface area contributed by atoms with Crippen LogP contribution >= 0.6 is 0 Å². The summed E-state index contributed by atoms with van der Waals surface area (Å²) >= 11 is 1.46. The Kier molecular flexibility index (Phi) is 9.53. The number of allylic oxidation sites excluding steroid dienone is 4. The van der Waals surface area contributed by atoms with Gasteiger partial charge in [-0.2, -0.15) is 6.08 Å². The van der Waals surface area contributed by atoms with E-state index in [1.165, 1.54) is 65.7 Å². The van der Waals surface area contributed by atoms with Crippen molar-refractivity contribution in [3.8, 4) is 0 Å². The van der Waals surface area contributed by atoms with Crippen LogP contribution in [0.2, 0.25) is 19.6 Å². The molecule has 0 spiro atoms. The minimum absolute atomic E-state index is 0.553. The zero-order valence-electron chi connectivity index (χ0n) is 23.1. The van der Waals surface area contributed by atoms with Crippen LogP contribution in [0.5, 0.6) is 0 Å². The first-order chi connectivity index (χ1) is 18.2. The number of hydrogen-bond acceptors (Lipinski definition) is 0. The maximum atomic E-state index is 3.43. The van der Waals surface area contributed by atoms with Crippen LogP contribution in [0.1, 0.15) is 25.0 Å². The minimum atomic E-state index is -1.07. The molecular weight excluding hydrogens is 552 g/mol. The fraction of sp³-hybridized carbons (Fsp3) is 0.167. The quantitative estimate of drug-likeness (QED) is 0.146. The molecule has 188 valence electrons. The van der Waals surface area contributed by atoms with E-state index in [1.807, 2.05) is 0 Å². The van der Waals surface area contributed by atoms with Gasteiger partial charge in [-0.1, -0.05) is 75.8 Å². The Morgan fingerprint density at radius 3 is 1.47 bits per heavy atom. The Balaban J connectivity index is 0.000000134. The van der Waals surface area contributed by atoms with Crippen LogP contribution < -0.4 is 0 Å². The average molecular weight is 588 g/mol. The third-order valence-corrected chi connectivity index (χ3v) is 10.3. The van der Waals surface area contributed by atoms with Crippen molar-refractivity contribution in [2.45, 2.75) is 33.5 Å². The second-order valence-electron chi connectivity index (χ2n) is 10.8. The summed E-state index contributed by atoms with van der Waals surface area (Å²) in [4.78, 5) is 0. The molecular formula is C36H36SiZr. The molecule has 6 rings (SSSR count). The molecule has 0 nitrogen and oxygen atoms in total. The van der Waals surface area contributed by atoms with E-state index < -0.39 is 8.07 Å². The first-order valence-corrected chi connectivity index (χ1v) is 18.0. The third-order valence-electron chi connectivity index (χ3n) is 6.72. The van der Waals surface area contributed by atoms with Crippen molar-refractivity contribution in [2.24, 2.45) is 5.92 Å². The van der Waals surface area contributed by atoms with Gasteiger partial charge in [-0.15, -0.1) is 39.7 Å². The minimum Gasteiger partial charge on any atom is -0.126 e. The van der Waals surface area contributed by atoms with Crippen molar-refractivity contribution in [1.82, 2.24) is 0 Å². The van der Waals surface area contributed by atoms with Gasteiger partial charge < -0.3 is 0 Å². The molecule has 0 amide bonds. The van der Waals surface area contributed by atoms with Crippen molar-refractivity contribution < 1.29 is 24.2 Å². The number of rotatable bonds is 3. The van der Waals surface area contributed by atoms with Gasteiger partial charge in [0.1, 0.15) is 0 Å². The molecule has 0 bridgehead atoms. The van der Waals surface area contributed by atoms with E-state index in [0.29, 0.717) is 5.92 Å². The van der Waals surface area contributed by atoms with Crippen molar-refractivity contribution in [3.63, 3.8) is 0 Å². The summed E-state index contributed by atoms with van der Waals surface area (Å²) in [7, 11) is -1.07. The molecule has 0 aromatic heterocycles. The van der Waals surface area contributed by atoms with Crippen molar-refractivity contribution in [3.05, 3.63) is 149 Å². The molecule has 0 heterocycles. The van der Waals surface area contributed by atoms with Crippen LogP contribution in [0.4, 0.5) is 0 Å². The zero-order chi connectivity index (χ0) is 27.1. The van der Waals surface area contributed by atoms with Gasteiger partial charge in [-0.25, -0.2) is 10.8 Å². The van der Waals surface area contributed by atoms with Crippen LogP contribution in [0.3, 0.4) is 0 Å².